The highest BCUT2D eigenvalue weighted by Gasteiger charge is 2.14. The van der Waals surface area contributed by atoms with Crippen LogP contribution in [0.3, 0.4) is 0 Å². The normalized spacial score (nSPS) is 11.3. The molecule has 9 rings (SSSR count). The number of fused-ring (bicyclic) bond motifs is 3. The molecule has 0 aliphatic heterocycles. The highest BCUT2D eigenvalue weighted by Crippen LogP contribution is 2.37. The van der Waals surface area contributed by atoms with Crippen molar-refractivity contribution in [3.05, 3.63) is 176 Å². The summed E-state index contributed by atoms with van der Waals surface area (Å²) in [6, 6.07) is 61.7. The maximum Gasteiger partial charge on any atom is 0.164 e. The van der Waals surface area contributed by atoms with E-state index in [4.69, 9.17) is 15.0 Å². The number of hydrogen-bond acceptors (Lipinski definition) is 4. The lowest BCUT2D eigenvalue weighted by atomic mass is 9.99. The van der Waals surface area contributed by atoms with Gasteiger partial charge in [-0.2, -0.15) is 0 Å². The van der Waals surface area contributed by atoms with Gasteiger partial charge in [-0.15, -0.1) is 11.3 Å². The number of thiophene rings is 1. The lowest BCUT2D eigenvalue weighted by Gasteiger charge is -2.10. The van der Waals surface area contributed by atoms with Crippen LogP contribution in [0, 0.1) is 0 Å². The van der Waals surface area contributed by atoms with E-state index in [0.29, 0.717) is 17.5 Å². The third-order valence-corrected chi connectivity index (χ3v) is 10.1. The summed E-state index contributed by atoms with van der Waals surface area (Å²) in [6.45, 7) is 0. The van der Waals surface area contributed by atoms with Crippen molar-refractivity contribution in [1.29, 1.82) is 0 Å². The maximum atomic E-state index is 5.04. The van der Waals surface area contributed by atoms with Gasteiger partial charge in [-0.3, -0.25) is 0 Å². The van der Waals surface area contributed by atoms with E-state index in [1.165, 1.54) is 36.9 Å². The fourth-order valence-corrected chi connectivity index (χ4v) is 7.48. The lowest BCUT2D eigenvalue weighted by molar-refractivity contribution is 1.07. The summed E-state index contributed by atoms with van der Waals surface area (Å²) in [5, 5.41) is 2.58. The maximum absolute atomic E-state index is 5.04. The Morgan fingerprint density at radius 1 is 0.265 bits per heavy atom. The van der Waals surface area contributed by atoms with E-state index < -0.39 is 0 Å². The van der Waals surface area contributed by atoms with Gasteiger partial charge in [0.15, 0.2) is 17.5 Å². The van der Waals surface area contributed by atoms with Gasteiger partial charge in [-0.1, -0.05) is 152 Å². The minimum Gasteiger partial charge on any atom is -0.208 e. The summed E-state index contributed by atoms with van der Waals surface area (Å²) in [6.07, 6.45) is 0. The molecular weight excluding hydrogens is 615 g/mol. The Kier molecular flexibility index (Phi) is 7.34. The second-order valence-corrected chi connectivity index (χ2v) is 13.2. The number of hydrogen-bond donors (Lipinski definition) is 0. The Bertz CT molecular complexity index is 2570. The van der Waals surface area contributed by atoms with E-state index in [2.05, 4.69) is 140 Å². The molecule has 2 aromatic heterocycles. The van der Waals surface area contributed by atoms with Crippen molar-refractivity contribution >= 4 is 31.5 Å². The van der Waals surface area contributed by atoms with E-state index >= 15 is 0 Å². The molecule has 0 bridgehead atoms. The number of aromatic nitrogens is 3. The number of rotatable bonds is 6. The molecule has 0 aliphatic carbocycles. The van der Waals surface area contributed by atoms with Gasteiger partial charge in [0.25, 0.3) is 0 Å². The Morgan fingerprint density at radius 3 is 1.33 bits per heavy atom. The molecule has 49 heavy (non-hydrogen) atoms. The summed E-state index contributed by atoms with van der Waals surface area (Å²) in [5.74, 6) is 1.94. The van der Waals surface area contributed by atoms with Crippen LogP contribution in [0.1, 0.15) is 0 Å². The highest BCUT2D eigenvalue weighted by atomic mass is 32.1. The molecular formula is C45H29N3S. The van der Waals surface area contributed by atoms with Crippen LogP contribution in [-0.4, -0.2) is 15.0 Å². The van der Waals surface area contributed by atoms with Crippen molar-refractivity contribution in [2.24, 2.45) is 0 Å². The number of nitrogens with zero attached hydrogens (tertiary/aromatic N) is 3. The van der Waals surface area contributed by atoms with E-state index in [0.717, 1.165) is 33.4 Å². The second kappa shape index (κ2) is 12.4. The van der Waals surface area contributed by atoms with Gasteiger partial charge in [0.2, 0.25) is 0 Å². The molecule has 0 radical (unpaired) electrons. The van der Waals surface area contributed by atoms with E-state index in [-0.39, 0.29) is 0 Å². The average Bonchev–Trinajstić information content (AvgIpc) is 3.57. The first-order valence-corrected chi connectivity index (χ1v) is 17.2. The fraction of sp³-hybridized carbons (Fsp3) is 0. The van der Waals surface area contributed by atoms with Crippen molar-refractivity contribution in [1.82, 2.24) is 15.0 Å². The topological polar surface area (TPSA) is 38.7 Å². The summed E-state index contributed by atoms with van der Waals surface area (Å²) in [7, 11) is 0. The summed E-state index contributed by atoms with van der Waals surface area (Å²) in [5.41, 5.74) is 9.86. The molecule has 0 unspecified atom stereocenters. The largest absolute Gasteiger partial charge is 0.208 e. The zero-order chi connectivity index (χ0) is 32.6. The molecule has 0 fully saturated rings. The van der Waals surface area contributed by atoms with Crippen molar-refractivity contribution < 1.29 is 0 Å². The molecule has 0 N–H and O–H groups in total. The molecule has 9 aromatic rings. The average molecular weight is 644 g/mol. The SMILES string of the molecule is c1ccc(-c2ccc(-c3ccc(-c4nc(-c5ccccc5)nc(-c5cccc(-c6ccc7sc8ccccc8c7c6)c5)n4)cc3)cc2)cc1. The molecule has 0 atom stereocenters. The summed E-state index contributed by atoms with van der Waals surface area (Å²) < 4.78 is 2.61. The van der Waals surface area contributed by atoms with Crippen LogP contribution >= 0.6 is 11.3 Å². The Balaban J connectivity index is 1.08. The van der Waals surface area contributed by atoms with E-state index in [1.807, 2.05) is 47.7 Å². The summed E-state index contributed by atoms with van der Waals surface area (Å²) in [4.78, 5) is 15.0. The van der Waals surface area contributed by atoms with Gasteiger partial charge in [-0.25, -0.2) is 15.0 Å². The van der Waals surface area contributed by atoms with Gasteiger partial charge in [0.05, 0.1) is 0 Å². The first kappa shape index (κ1) is 29.0. The predicted molar refractivity (Wildman–Crippen MR) is 205 cm³/mol. The van der Waals surface area contributed by atoms with Crippen LogP contribution in [0.2, 0.25) is 0 Å². The first-order valence-electron chi connectivity index (χ1n) is 16.4. The van der Waals surface area contributed by atoms with Crippen LogP contribution in [0.15, 0.2) is 176 Å². The smallest absolute Gasteiger partial charge is 0.164 e. The first-order chi connectivity index (χ1) is 24.2. The minimum atomic E-state index is 0.645. The summed E-state index contributed by atoms with van der Waals surface area (Å²) >= 11 is 1.84. The van der Waals surface area contributed by atoms with Crippen LogP contribution < -0.4 is 0 Å². The molecule has 0 saturated carbocycles. The third-order valence-electron chi connectivity index (χ3n) is 8.97. The van der Waals surface area contributed by atoms with E-state index in [1.54, 1.807) is 0 Å². The fourth-order valence-electron chi connectivity index (χ4n) is 6.39. The lowest BCUT2D eigenvalue weighted by Crippen LogP contribution is -2.00. The molecule has 3 nitrogen and oxygen atoms in total. The Labute approximate surface area is 288 Å². The van der Waals surface area contributed by atoms with E-state index in [9.17, 15) is 0 Å². The van der Waals surface area contributed by atoms with Crippen molar-refractivity contribution in [2.75, 3.05) is 0 Å². The molecule has 0 saturated heterocycles. The molecule has 0 spiro atoms. The van der Waals surface area contributed by atoms with Crippen LogP contribution in [0.5, 0.6) is 0 Å². The van der Waals surface area contributed by atoms with Crippen LogP contribution in [-0.2, 0) is 0 Å². The quantitative estimate of drug-likeness (QED) is 0.181. The molecule has 0 aliphatic rings. The van der Waals surface area contributed by atoms with Gasteiger partial charge in [0.1, 0.15) is 0 Å². The zero-order valence-electron chi connectivity index (χ0n) is 26.5. The van der Waals surface area contributed by atoms with Gasteiger partial charge in [0, 0.05) is 36.9 Å². The second-order valence-electron chi connectivity index (χ2n) is 12.1. The molecule has 0 amide bonds. The Hall–Kier alpha value is -6.23. The third kappa shape index (κ3) is 5.69. The molecule has 2 heterocycles. The van der Waals surface area contributed by atoms with Crippen LogP contribution in [0.25, 0.3) is 87.7 Å². The minimum absolute atomic E-state index is 0.645. The van der Waals surface area contributed by atoms with Gasteiger partial charge >= 0.3 is 0 Å². The Morgan fingerprint density at radius 2 is 0.673 bits per heavy atom. The monoisotopic (exact) mass is 643 g/mol. The molecule has 7 aromatic carbocycles. The predicted octanol–water partition coefficient (Wildman–Crippen LogP) is 12.2. The van der Waals surface area contributed by atoms with Crippen molar-refractivity contribution in [3.63, 3.8) is 0 Å². The number of benzene rings is 7. The standard InChI is InChI=1S/C45H29N3S/c1-3-10-30(11-4-1)31-18-20-32(21-19-31)33-22-24-35(25-23-33)44-46-43(34-12-5-2-6-13-34)47-45(48-44)38-15-9-14-36(28-38)37-26-27-42-40(29-37)39-16-7-8-17-41(39)49-42/h1-29H. The van der Waals surface area contributed by atoms with Crippen molar-refractivity contribution in [3.8, 4) is 67.5 Å². The zero-order valence-corrected chi connectivity index (χ0v) is 27.3. The van der Waals surface area contributed by atoms with Crippen LogP contribution in [0.4, 0.5) is 0 Å². The van der Waals surface area contributed by atoms with Gasteiger partial charge in [-0.05, 0) is 57.6 Å². The molecule has 4 heteroatoms. The highest BCUT2D eigenvalue weighted by molar-refractivity contribution is 7.25. The van der Waals surface area contributed by atoms with Gasteiger partial charge < -0.3 is 0 Å². The van der Waals surface area contributed by atoms with Crippen molar-refractivity contribution in [2.45, 2.75) is 0 Å². The molecule has 230 valence electrons.